The summed E-state index contributed by atoms with van der Waals surface area (Å²) in [5.41, 5.74) is -1.23. The van der Waals surface area contributed by atoms with Gasteiger partial charge in [-0.2, -0.15) is 0 Å². The lowest BCUT2D eigenvalue weighted by molar-refractivity contribution is -0.121. The van der Waals surface area contributed by atoms with Crippen LogP contribution in [0.15, 0.2) is 52.0 Å². The molecule has 0 saturated carbocycles. The number of aliphatic hydroxyl groups is 1. The molecule has 4 nitrogen and oxygen atoms in total. The summed E-state index contributed by atoms with van der Waals surface area (Å²) in [5.74, 6) is 0.276. The summed E-state index contributed by atoms with van der Waals surface area (Å²) >= 11 is 7.27. The quantitative estimate of drug-likeness (QED) is 0.791. The first kappa shape index (κ1) is 16.9. The number of halogens is 1. The molecule has 2 atom stereocenters. The molecule has 22 heavy (non-hydrogen) atoms. The molecule has 1 aromatic heterocycles. The van der Waals surface area contributed by atoms with Crippen molar-refractivity contribution in [3.8, 4) is 0 Å². The molecule has 118 valence electrons. The van der Waals surface area contributed by atoms with Gasteiger partial charge in [-0.25, -0.2) is 0 Å². The van der Waals surface area contributed by atoms with E-state index >= 15 is 0 Å². The third-order valence-electron chi connectivity index (χ3n) is 3.15. The van der Waals surface area contributed by atoms with Crippen LogP contribution in [-0.4, -0.2) is 22.8 Å². The van der Waals surface area contributed by atoms with Crippen LogP contribution < -0.4 is 5.32 Å². The highest BCUT2D eigenvalue weighted by molar-refractivity contribution is 8.00. The van der Waals surface area contributed by atoms with Gasteiger partial charge >= 0.3 is 0 Å². The van der Waals surface area contributed by atoms with Crippen molar-refractivity contribution in [3.63, 3.8) is 0 Å². The zero-order chi connectivity index (χ0) is 16.2. The van der Waals surface area contributed by atoms with Crippen molar-refractivity contribution in [3.05, 3.63) is 53.4 Å². The zero-order valence-corrected chi connectivity index (χ0v) is 13.9. The second kappa shape index (κ2) is 7.22. The standard InChI is InChI=1S/C16H18ClNO3S/c1-11(22-13-7-5-12(17)6-8-13)15(19)18-10-16(2,20)14-4-3-9-21-14/h3-9,11,20H,10H2,1-2H3,(H,18,19). The first-order valence-corrected chi connectivity index (χ1v) is 8.10. The molecule has 2 rings (SSSR count). The first-order chi connectivity index (χ1) is 10.4. The van der Waals surface area contributed by atoms with Crippen molar-refractivity contribution in [2.24, 2.45) is 0 Å². The van der Waals surface area contributed by atoms with Crippen LogP contribution in [0.4, 0.5) is 0 Å². The fourth-order valence-electron chi connectivity index (χ4n) is 1.85. The number of amides is 1. The van der Waals surface area contributed by atoms with E-state index in [4.69, 9.17) is 16.0 Å². The molecule has 0 aliphatic carbocycles. The van der Waals surface area contributed by atoms with Crippen LogP contribution in [0.25, 0.3) is 0 Å². The Kier molecular flexibility index (Phi) is 5.56. The molecular formula is C16H18ClNO3S. The van der Waals surface area contributed by atoms with Crippen LogP contribution in [0.3, 0.4) is 0 Å². The fourth-order valence-corrected chi connectivity index (χ4v) is 2.86. The summed E-state index contributed by atoms with van der Waals surface area (Å²) < 4.78 is 5.18. The maximum Gasteiger partial charge on any atom is 0.233 e. The lowest BCUT2D eigenvalue weighted by Gasteiger charge is -2.22. The molecule has 2 N–H and O–H groups in total. The highest BCUT2D eigenvalue weighted by Gasteiger charge is 2.27. The summed E-state index contributed by atoms with van der Waals surface area (Å²) in [6.07, 6.45) is 1.49. The van der Waals surface area contributed by atoms with Crippen molar-refractivity contribution >= 4 is 29.3 Å². The number of hydrogen-bond donors (Lipinski definition) is 2. The Morgan fingerprint density at radius 3 is 2.68 bits per heavy atom. The van der Waals surface area contributed by atoms with Crippen molar-refractivity contribution < 1.29 is 14.3 Å². The van der Waals surface area contributed by atoms with Gasteiger partial charge in [-0.15, -0.1) is 11.8 Å². The van der Waals surface area contributed by atoms with Crippen molar-refractivity contribution in [1.29, 1.82) is 0 Å². The lowest BCUT2D eigenvalue weighted by Crippen LogP contribution is -2.41. The molecule has 0 saturated heterocycles. The number of nitrogens with one attached hydrogen (secondary N) is 1. The number of rotatable bonds is 6. The van der Waals surface area contributed by atoms with E-state index in [1.54, 1.807) is 31.2 Å². The molecule has 1 heterocycles. The monoisotopic (exact) mass is 339 g/mol. The van der Waals surface area contributed by atoms with E-state index in [0.29, 0.717) is 10.8 Å². The number of carbonyl (C=O) groups excluding carboxylic acids is 1. The molecule has 0 aliphatic heterocycles. The van der Waals surface area contributed by atoms with Gasteiger partial charge in [-0.3, -0.25) is 4.79 Å². The first-order valence-electron chi connectivity index (χ1n) is 6.85. The van der Waals surface area contributed by atoms with E-state index in [0.717, 1.165) is 4.90 Å². The lowest BCUT2D eigenvalue weighted by atomic mass is 10.0. The number of benzene rings is 1. The van der Waals surface area contributed by atoms with E-state index in [1.807, 2.05) is 19.1 Å². The Hall–Kier alpha value is -1.43. The average molecular weight is 340 g/mol. The van der Waals surface area contributed by atoms with E-state index in [1.165, 1.54) is 18.0 Å². The van der Waals surface area contributed by atoms with Crippen molar-refractivity contribution in [1.82, 2.24) is 5.32 Å². The minimum absolute atomic E-state index is 0.0882. The van der Waals surface area contributed by atoms with Gasteiger partial charge < -0.3 is 14.8 Å². The number of carbonyl (C=O) groups is 1. The van der Waals surface area contributed by atoms with Gasteiger partial charge in [0.05, 0.1) is 18.1 Å². The summed E-state index contributed by atoms with van der Waals surface area (Å²) in [7, 11) is 0. The molecule has 0 spiro atoms. The molecular weight excluding hydrogens is 322 g/mol. The zero-order valence-electron chi connectivity index (χ0n) is 12.4. The van der Waals surface area contributed by atoms with Crippen LogP contribution in [0.5, 0.6) is 0 Å². The van der Waals surface area contributed by atoms with Gasteiger partial charge in [0.1, 0.15) is 11.4 Å². The van der Waals surface area contributed by atoms with Crippen molar-refractivity contribution in [2.45, 2.75) is 29.6 Å². The van der Waals surface area contributed by atoms with Crippen molar-refractivity contribution in [2.75, 3.05) is 6.54 Å². The third-order valence-corrected chi connectivity index (χ3v) is 4.52. The summed E-state index contributed by atoms with van der Waals surface area (Å²) in [4.78, 5) is 13.1. The number of furan rings is 1. The Balaban J connectivity index is 1.87. The predicted octanol–water partition coefficient (Wildman–Crippen LogP) is 3.44. The van der Waals surface area contributed by atoms with Crippen LogP contribution in [-0.2, 0) is 10.4 Å². The highest BCUT2D eigenvalue weighted by Crippen LogP contribution is 2.25. The Labute approximate surface area is 138 Å². The topological polar surface area (TPSA) is 62.5 Å². The SMILES string of the molecule is CC(Sc1ccc(Cl)cc1)C(=O)NCC(C)(O)c1ccco1. The number of thioether (sulfide) groups is 1. The smallest absolute Gasteiger partial charge is 0.233 e. The highest BCUT2D eigenvalue weighted by atomic mass is 35.5. The average Bonchev–Trinajstić information content (AvgIpc) is 3.02. The number of hydrogen-bond acceptors (Lipinski definition) is 4. The molecule has 0 fully saturated rings. The maximum atomic E-state index is 12.1. The van der Waals surface area contributed by atoms with Crippen LogP contribution in [0, 0.1) is 0 Å². The van der Waals surface area contributed by atoms with Gasteiger partial charge in [0.15, 0.2) is 0 Å². The van der Waals surface area contributed by atoms with Gasteiger partial charge in [0.25, 0.3) is 0 Å². The molecule has 2 unspecified atom stereocenters. The van der Waals surface area contributed by atoms with Gasteiger partial charge in [0.2, 0.25) is 5.91 Å². The van der Waals surface area contributed by atoms with Gasteiger partial charge in [-0.05, 0) is 50.2 Å². The molecule has 1 aromatic carbocycles. The van der Waals surface area contributed by atoms with E-state index in [2.05, 4.69) is 5.32 Å². The van der Waals surface area contributed by atoms with E-state index in [-0.39, 0.29) is 17.7 Å². The van der Waals surface area contributed by atoms with Gasteiger partial charge in [-0.1, -0.05) is 11.6 Å². The van der Waals surface area contributed by atoms with Gasteiger partial charge in [0, 0.05) is 9.92 Å². The second-order valence-corrected chi connectivity index (χ2v) is 7.03. The Morgan fingerprint density at radius 1 is 1.41 bits per heavy atom. The maximum absolute atomic E-state index is 12.1. The van der Waals surface area contributed by atoms with Crippen LogP contribution in [0.1, 0.15) is 19.6 Å². The molecule has 0 bridgehead atoms. The summed E-state index contributed by atoms with van der Waals surface area (Å²) in [5, 5.41) is 13.4. The predicted molar refractivity (Wildman–Crippen MR) is 88.1 cm³/mol. The minimum Gasteiger partial charge on any atom is -0.466 e. The Morgan fingerprint density at radius 2 is 2.09 bits per heavy atom. The molecule has 0 radical (unpaired) electrons. The van der Waals surface area contributed by atoms with E-state index < -0.39 is 5.60 Å². The second-order valence-electron chi connectivity index (χ2n) is 5.18. The fraction of sp³-hybridized carbons (Fsp3) is 0.312. The molecule has 0 aliphatic rings. The Bertz CT molecular complexity index is 611. The van der Waals surface area contributed by atoms with Crippen LogP contribution >= 0.6 is 23.4 Å². The van der Waals surface area contributed by atoms with E-state index in [9.17, 15) is 9.90 Å². The van der Waals surface area contributed by atoms with Crippen LogP contribution in [0.2, 0.25) is 5.02 Å². The molecule has 1 amide bonds. The molecule has 6 heteroatoms. The summed E-state index contributed by atoms with van der Waals surface area (Å²) in [6.45, 7) is 3.50. The minimum atomic E-state index is -1.23. The third kappa shape index (κ3) is 4.53. The normalized spacial score (nSPS) is 15.1. The molecule has 2 aromatic rings. The summed E-state index contributed by atoms with van der Waals surface area (Å²) in [6, 6.07) is 10.7. The largest absolute Gasteiger partial charge is 0.466 e.